The summed E-state index contributed by atoms with van der Waals surface area (Å²) in [6, 6.07) is 0. The first-order valence-electron chi connectivity index (χ1n) is 29.9. The maximum Gasteiger partial charge on any atom is 0.135 e. The minimum atomic E-state index is 0.156. The summed E-state index contributed by atoms with van der Waals surface area (Å²) in [6.45, 7) is 26.0. The van der Waals surface area contributed by atoms with Crippen molar-refractivity contribution in [3.63, 3.8) is 0 Å². The van der Waals surface area contributed by atoms with Crippen LogP contribution in [-0.4, -0.2) is 117 Å². The van der Waals surface area contributed by atoms with Crippen molar-refractivity contribution < 1.29 is 85.3 Å². The smallest absolute Gasteiger partial charge is 0.135 e. The van der Waals surface area contributed by atoms with Crippen LogP contribution in [0.2, 0.25) is 0 Å². The summed E-state index contributed by atoms with van der Waals surface area (Å²) in [5, 5.41) is 0. The Morgan fingerprint density at radius 2 is 0.765 bits per heavy atom. The molecular weight excluding hydrogens is 1040 g/mol. The molecule has 1 saturated carbocycles. The fourth-order valence-electron chi connectivity index (χ4n) is 8.37. The Morgan fingerprint density at radius 1 is 0.358 bits per heavy atom. The Kier molecular flexibility index (Phi) is 36.5. The number of hydrogen-bond donors (Lipinski definition) is 0. The van der Waals surface area contributed by atoms with E-state index >= 15 is 0 Å². The van der Waals surface area contributed by atoms with Gasteiger partial charge >= 0.3 is 0 Å². The highest BCUT2D eigenvalue weighted by atomic mass is 16.6. The van der Waals surface area contributed by atoms with Gasteiger partial charge in [-0.05, 0) is 85.5 Å². The van der Waals surface area contributed by atoms with Crippen molar-refractivity contribution in [1.29, 1.82) is 0 Å². The molecule has 0 aromatic rings. The average Bonchev–Trinajstić information content (AvgIpc) is 4.13. The molecule has 0 spiro atoms. The van der Waals surface area contributed by atoms with Crippen molar-refractivity contribution in [2.24, 2.45) is 11.3 Å². The first kappa shape index (κ1) is 67.6. The van der Waals surface area contributed by atoms with Gasteiger partial charge in [0, 0.05) is 69.1 Å². The maximum absolute atomic E-state index is 5.97. The summed E-state index contributed by atoms with van der Waals surface area (Å²) in [7, 11) is 0. The second-order valence-electron chi connectivity index (χ2n) is 21.4. The Morgan fingerprint density at radius 3 is 1.31 bits per heavy atom. The zero-order valence-corrected chi connectivity index (χ0v) is 50.3. The van der Waals surface area contributed by atoms with E-state index in [0.29, 0.717) is 24.2 Å². The predicted octanol–water partition coefficient (Wildman–Crippen LogP) is 14.0. The number of fused-ring (bicyclic) bond motifs is 1. The van der Waals surface area contributed by atoms with Gasteiger partial charge in [0.05, 0.1) is 105 Å². The van der Waals surface area contributed by atoms with Crippen LogP contribution in [0.4, 0.5) is 0 Å². The van der Waals surface area contributed by atoms with Crippen LogP contribution in [0.15, 0.2) is 109 Å². The molecular formula is C63H102O18. The summed E-state index contributed by atoms with van der Waals surface area (Å²) >= 11 is 0. The second kappa shape index (κ2) is 43.7. The molecule has 1 fully saturated rings. The van der Waals surface area contributed by atoms with Gasteiger partial charge in [-0.2, -0.15) is 0 Å². The van der Waals surface area contributed by atoms with E-state index in [2.05, 4.69) is 20.8 Å². The van der Waals surface area contributed by atoms with Crippen LogP contribution in [0.25, 0.3) is 0 Å². The van der Waals surface area contributed by atoms with Crippen LogP contribution in [0, 0.1) is 11.3 Å². The number of allylic oxidation sites excluding steroid dienone is 7. The molecule has 12 aliphatic rings. The molecule has 18 heteroatoms. The Bertz CT molecular complexity index is 1820. The van der Waals surface area contributed by atoms with E-state index in [4.69, 9.17) is 85.3 Å². The molecule has 0 bridgehead atoms. The SMILES string of the molecule is C1=COCCCCO1.C1=COCCCO1.C1CC2=C(C1)OC1CCCCC1O2.C1COC2=C(CCCC2)OC1.CC1(C)COC=COC1.CC1=C(C)OCCCO1.CC1=COCCCO1.CC1CCOC=CO1.CC1COC=COC1. The topological polar surface area (TPSA) is 166 Å². The van der Waals surface area contributed by atoms with E-state index in [-0.39, 0.29) is 5.41 Å². The van der Waals surface area contributed by atoms with Gasteiger partial charge in [-0.25, -0.2) is 0 Å². The van der Waals surface area contributed by atoms with Gasteiger partial charge in [-0.1, -0.05) is 20.8 Å². The third-order valence-corrected chi connectivity index (χ3v) is 13.1. The number of hydrogen-bond acceptors (Lipinski definition) is 18. The second-order valence-corrected chi connectivity index (χ2v) is 21.4. The van der Waals surface area contributed by atoms with Gasteiger partial charge in [0.2, 0.25) is 0 Å². The van der Waals surface area contributed by atoms with Crippen molar-refractivity contribution in [2.45, 2.75) is 182 Å². The third-order valence-electron chi connectivity index (χ3n) is 13.1. The van der Waals surface area contributed by atoms with Crippen LogP contribution < -0.4 is 0 Å². The van der Waals surface area contributed by atoms with Crippen LogP contribution in [0.3, 0.4) is 0 Å². The monoisotopic (exact) mass is 1150 g/mol. The van der Waals surface area contributed by atoms with E-state index in [1.165, 1.54) is 56.5 Å². The Labute approximate surface area is 485 Å². The molecule has 3 atom stereocenters. The minimum Gasteiger partial charge on any atom is -0.498 e. The molecule has 0 amide bonds. The minimum absolute atomic E-state index is 0.156. The first-order valence-corrected chi connectivity index (χ1v) is 29.9. The lowest BCUT2D eigenvalue weighted by atomic mass is 9.94. The zero-order chi connectivity index (χ0) is 57.7. The molecule has 0 aromatic carbocycles. The van der Waals surface area contributed by atoms with E-state index in [1.807, 2.05) is 27.7 Å². The summed E-state index contributed by atoms with van der Waals surface area (Å²) in [5.41, 5.74) is 0.156. The zero-order valence-electron chi connectivity index (χ0n) is 50.3. The van der Waals surface area contributed by atoms with Crippen LogP contribution >= 0.6 is 0 Å². The first-order chi connectivity index (χ1) is 39.6. The summed E-state index contributed by atoms with van der Waals surface area (Å²) in [6.07, 6.45) is 39.0. The van der Waals surface area contributed by atoms with Gasteiger partial charge in [0.25, 0.3) is 0 Å². The average molecular weight is 1150 g/mol. The molecule has 0 aromatic heterocycles. The Hall–Kier alpha value is -5.94. The number of rotatable bonds is 0. The molecule has 9 heterocycles. The molecule has 12 rings (SSSR count). The summed E-state index contributed by atoms with van der Waals surface area (Å²) in [4.78, 5) is 0. The quantitative estimate of drug-likeness (QED) is 0.224. The lowest BCUT2D eigenvalue weighted by molar-refractivity contribution is -0.0816. The van der Waals surface area contributed by atoms with E-state index < -0.39 is 0 Å². The maximum atomic E-state index is 5.97. The molecule has 3 aliphatic carbocycles. The number of ether oxygens (including phenoxy) is 18. The molecule has 81 heavy (non-hydrogen) atoms. The highest BCUT2D eigenvalue weighted by molar-refractivity contribution is 5.12. The molecule has 0 radical (unpaired) electrons. The molecule has 18 nitrogen and oxygen atoms in total. The fourth-order valence-corrected chi connectivity index (χ4v) is 8.37. The largest absolute Gasteiger partial charge is 0.498 e. The lowest BCUT2D eigenvalue weighted by Gasteiger charge is -2.36. The van der Waals surface area contributed by atoms with Gasteiger partial charge < -0.3 is 85.3 Å². The molecule has 9 aliphatic heterocycles. The van der Waals surface area contributed by atoms with Gasteiger partial charge in [0.1, 0.15) is 121 Å². The van der Waals surface area contributed by atoms with Crippen molar-refractivity contribution in [3.8, 4) is 0 Å². The fraction of sp³-hybridized carbons (Fsp3) is 0.714. The van der Waals surface area contributed by atoms with Crippen molar-refractivity contribution in [2.75, 3.05) is 99.1 Å². The molecule has 0 saturated heterocycles. The van der Waals surface area contributed by atoms with Gasteiger partial charge in [-0.15, -0.1) is 0 Å². The van der Waals surface area contributed by atoms with Crippen molar-refractivity contribution >= 4 is 0 Å². The van der Waals surface area contributed by atoms with Crippen LogP contribution in [0.5, 0.6) is 0 Å². The summed E-state index contributed by atoms with van der Waals surface area (Å²) in [5.74, 6) is 7.85. The van der Waals surface area contributed by atoms with Gasteiger partial charge in [-0.3, -0.25) is 0 Å². The third kappa shape index (κ3) is 33.6. The predicted molar refractivity (Wildman–Crippen MR) is 308 cm³/mol. The molecule has 462 valence electrons. The van der Waals surface area contributed by atoms with E-state index in [0.717, 1.165) is 199 Å². The molecule has 0 N–H and O–H groups in total. The van der Waals surface area contributed by atoms with Crippen molar-refractivity contribution in [3.05, 3.63) is 109 Å². The lowest BCUT2D eigenvalue weighted by Crippen LogP contribution is -2.37. The van der Waals surface area contributed by atoms with E-state index in [9.17, 15) is 0 Å². The highest BCUT2D eigenvalue weighted by Gasteiger charge is 2.36. The van der Waals surface area contributed by atoms with Crippen LogP contribution in [0.1, 0.15) is 164 Å². The van der Waals surface area contributed by atoms with Gasteiger partial charge in [0.15, 0.2) is 0 Å². The normalized spacial score (nSPS) is 24.7. The van der Waals surface area contributed by atoms with Crippen LogP contribution in [-0.2, 0) is 85.3 Å². The summed E-state index contributed by atoms with van der Waals surface area (Å²) < 4.78 is 93.7. The molecule has 3 unspecified atom stereocenters. The van der Waals surface area contributed by atoms with E-state index in [1.54, 1.807) is 68.9 Å². The van der Waals surface area contributed by atoms with Crippen molar-refractivity contribution in [1.82, 2.24) is 0 Å². The standard InChI is InChI=1S/C11H16O2.C9H14O2.2C7H12O2.4C6H10O2.C5H8O2/c1-2-5-9-8(4-1)12-10-6-3-7-11(10)13-9;1-2-5-9-8(4-1)10-6-3-7-11-9;1-7(2)5-8-3-4-9-6-7;1-6-7(2)9-5-3-4-8-6;1-6-4-7-2-3-8-5-6;1-6-2-3-7-4-5-8-6;1-6-5-7-3-2-4-8-6;1-2-4-8-6-5-7-3-1;1-2-6-4-5-7-3-1/h8-9H,1-7H2;1-7H2;3-4H,5-6H2,1-2H3;3-5H2,1-2H3;2-3,6H,4-5H2,1H3;4-6H,2-3H2,1H3;5H,2-4H2,1H3;5-6H,1-4H2;4-5H,1-3H2. The Balaban J connectivity index is 0.000000197. The highest BCUT2D eigenvalue weighted by Crippen LogP contribution is 2.39.